The molecule has 0 unspecified atom stereocenters. The van der Waals surface area contributed by atoms with E-state index in [2.05, 4.69) is 5.32 Å². The third-order valence-corrected chi connectivity index (χ3v) is 4.70. The van der Waals surface area contributed by atoms with Crippen LogP contribution < -0.4 is 10.5 Å². The Morgan fingerprint density at radius 2 is 1.89 bits per heavy atom. The lowest BCUT2D eigenvalue weighted by molar-refractivity contribution is 0.390. The Hall–Kier alpha value is -0.940. The van der Waals surface area contributed by atoms with E-state index in [1.807, 2.05) is 0 Å². The Labute approximate surface area is 112 Å². The summed E-state index contributed by atoms with van der Waals surface area (Å²) in [5, 5.41) is 7.47. The fourth-order valence-electron chi connectivity index (χ4n) is 1.20. The highest BCUT2D eigenvalue weighted by atomic mass is 32.2. The third kappa shape index (κ3) is 4.91. The Morgan fingerprint density at radius 1 is 1.26 bits per heavy atom. The second-order valence-electron chi connectivity index (χ2n) is 4.05. The van der Waals surface area contributed by atoms with Gasteiger partial charge in [-0.25, -0.2) is 26.3 Å². The Morgan fingerprint density at radius 3 is 2.42 bits per heavy atom. The molecule has 19 heavy (non-hydrogen) atoms. The predicted octanol–water partition coefficient (Wildman–Crippen LogP) is -1.09. The van der Waals surface area contributed by atoms with E-state index in [9.17, 15) is 16.8 Å². The van der Waals surface area contributed by atoms with Gasteiger partial charge in [-0.15, -0.1) is 0 Å². The van der Waals surface area contributed by atoms with Gasteiger partial charge in [0.25, 0.3) is 10.0 Å². The van der Waals surface area contributed by atoms with Gasteiger partial charge < -0.3 is 9.73 Å². The smallest absolute Gasteiger partial charge is 0.275 e. The summed E-state index contributed by atoms with van der Waals surface area (Å²) in [5.74, 6) is 0.200. The summed E-state index contributed by atoms with van der Waals surface area (Å²) < 4.78 is 51.0. The second kappa shape index (κ2) is 6.01. The summed E-state index contributed by atoms with van der Waals surface area (Å²) in [5.41, 5.74) is 0. The molecule has 1 aromatic heterocycles. The van der Waals surface area contributed by atoms with Gasteiger partial charge in [-0.1, -0.05) is 0 Å². The molecule has 0 aromatic carbocycles. The second-order valence-corrected chi connectivity index (χ2v) is 7.87. The number of hydrogen-bond donors (Lipinski definition) is 2. The molecule has 0 bridgehead atoms. The van der Waals surface area contributed by atoms with Crippen LogP contribution in [0.1, 0.15) is 5.76 Å². The molecule has 8 nitrogen and oxygen atoms in total. The minimum absolute atomic E-state index is 0.152. The van der Waals surface area contributed by atoms with Crippen LogP contribution in [0, 0.1) is 0 Å². The van der Waals surface area contributed by atoms with E-state index in [1.54, 1.807) is 0 Å². The van der Waals surface area contributed by atoms with Gasteiger partial charge in [0.15, 0.2) is 0 Å². The van der Waals surface area contributed by atoms with Crippen LogP contribution in [0.3, 0.4) is 0 Å². The van der Waals surface area contributed by atoms with Gasteiger partial charge in [-0.05, 0) is 12.1 Å². The van der Waals surface area contributed by atoms with E-state index in [1.165, 1.54) is 26.2 Å². The lowest BCUT2D eigenvalue weighted by Gasteiger charge is -2.07. The normalized spacial score (nSPS) is 13.1. The van der Waals surface area contributed by atoms with Crippen LogP contribution >= 0.6 is 0 Å². The predicted molar refractivity (Wildman–Crippen MR) is 69.3 cm³/mol. The first-order chi connectivity index (χ1) is 8.63. The number of hydrogen-bond acceptors (Lipinski definition) is 6. The zero-order chi connectivity index (χ0) is 14.7. The van der Waals surface area contributed by atoms with Gasteiger partial charge in [0.05, 0.1) is 12.3 Å². The first kappa shape index (κ1) is 16.1. The third-order valence-electron chi connectivity index (χ3n) is 2.23. The summed E-state index contributed by atoms with van der Waals surface area (Å²) in [6.07, 6.45) is 0. The molecular formula is C9H17N3O5S2. The summed E-state index contributed by atoms with van der Waals surface area (Å²) >= 11 is 0. The zero-order valence-corrected chi connectivity index (χ0v) is 12.3. The van der Waals surface area contributed by atoms with Crippen LogP contribution in [0.25, 0.3) is 0 Å². The van der Waals surface area contributed by atoms with Crippen LogP contribution in [0.5, 0.6) is 0 Å². The number of primary sulfonamides is 1. The monoisotopic (exact) mass is 311 g/mol. The fraction of sp³-hybridized carbons (Fsp3) is 0.556. The Kier molecular flexibility index (Phi) is 5.10. The van der Waals surface area contributed by atoms with Crippen molar-refractivity contribution in [3.05, 3.63) is 17.9 Å². The highest BCUT2D eigenvalue weighted by molar-refractivity contribution is 7.89. The van der Waals surface area contributed by atoms with Crippen molar-refractivity contribution in [2.24, 2.45) is 5.14 Å². The lowest BCUT2D eigenvalue weighted by atomic mass is 10.4. The maximum atomic E-state index is 11.7. The number of nitrogens with two attached hydrogens (primary N) is 1. The highest BCUT2D eigenvalue weighted by Crippen LogP contribution is 2.16. The number of nitrogens with zero attached hydrogens (tertiary/aromatic N) is 1. The van der Waals surface area contributed by atoms with Crippen molar-refractivity contribution in [3.8, 4) is 0 Å². The molecule has 0 aliphatic carbocycles. The summed E-state index contributed by atoms with van der Waals surface area (Å²) in [6, 6.07) is 2.87. The summed E-state index contributed by atoms with van der Waals surface area (Å²) in [7, 11) is -4.28. The largest absolute Gasteiger partial charge is 0.447 e. The lowest BCUT2D eigenvalue weighted by Crippen LogP contribution is -2.26. The SMILES string of the molecule is CN(C)S(=O)(=O)c1ccc(CNCCS(N)(=O)=O)o1. The van der Waals surface area contributed by atoms with Crippen LogP contribution in [-0.2, 0) is 26.6 Å². The van der Waals surface area contributed by atoms with Gasteiger partial charge in [0, 0.05) is 20.6 Å². The molecule has 0 amide bonds. The number of furan rings is 1. The molecule has 0 aliphatic heterocycles. The minimum atomic E-state index is -3.59. The van der Waals surface area contributed by atoms with Crippen molar-refractivity contribution in [2.75, 3.05) is 26.4 Å². The maximum absolute atomic E-state index is 11.7. The standard InChI is InChI=1S/C9H17N3O5S2/c1-12(2)19(15,16)9-4-3-8(17-9)7-11-5-6-18(10,13)14/h3-4,11H,5-7H2,1-2H3,(H2,10,13,14). The molecular weight excluding hydrogens is 294 g/mol. The molecule has 1 rings (SSSR count). The highest BCUT2D eigenvalue weighted by Gasteiger charge is 2.21. The number of sulfonamides is 2. The van der Waals surface area contributed by atoms with Crippen LogP contribution in [-0.4, -0.2) is 47.5 Å². The molecule has 10 heteroatoms. The molecule has 1 heterocycles. The van der Waals surface area contributed by atoms with E-state index >= 15 is 0 Å². The number of rotatable bonds is 7. The first-order valence-corrected chi connectivity index (χ1v) is 8.51. The molecule has 1 aromatic rings. The van der Waals surface area contributed by atoms with E-state index in [0.29, 0.717) is 5.76 Å². The summed E-state index contributed by atoms with van der Waals surface area (Å²) in [6.45, 7) is 0.383. The molecule has 0 saturated carbocycles. The average molecular weight is 311 g/mol. The Bertz CT molecular complexity index is 618. The maximum Gasteiger partial charge on any atom is 0.275 e. The van der Waals surface area contributed by atoms with Crippen molar-refractivity contribution in [1.29, 1.82) is 0 Å². The topological polar surface area (TPSA) is 123 Å². The van der Waals surface area contributed by atoms with E-state index in [4.69, 9.17) is 9.56 Å². The van der Waals surface area contributed by atoms with E-state index in [0.717, 1.165) is 4.31 Å². The van der Waals surface area contributed by atoms with E-state index in [-0.39, 0.29) is 23.9 Å². The molecule has 0 spiro atoms. The van der Waals surface area contributed by atoms with Gasteiger partial charge in [0.1, 0.15) is 5.76 Å². The van der Waals surface area contributed by atoms with Crippen LogP contribution in [0.4, 0.5) is 0 Å². The van der Waals surface area contributed by atoms with Gasteiger partial charge in [-0.2, -0.15) is 0 Å². The Balaban J connectivity index is 2.57. The van der Waals surface area contributed by atoms with Crippen molar-refractivity contribution in [1.82, 2.24) is 9.62 Å². The zero-order valence-electron chi connectivity index (χ0n) is 10.7. The van der Waals surface area contributed by atoms with Crippen molar-refractivity contribution in [2.45, 2.75) is 11.6 Å². The average Bonchev–Trinajstić information content (AvgIpc) is 2.72. The minimum Gasteiger partial charge on any atom is -0.447 e. The molecule has 0 atom stereocenters. The van der Waals surface area contributed by atoms with Gasteiger partial charge >= 0.3 is 0 Å². The first-order valence-electron chi connectivity index (χ1n) is 5.35. The fourth-order valence-corrected chi connectivity index (χ4v) is 2.44. The molecule has 0 saturated heterocycles. The van der Waals surface area contributed by atoms with Crippen LogP contribution in [0.15, 0.2) is 21.6 Å². The number of nitrogens with one attached hydrogen (secondary N) is 1. The van der Waals surface area contributed by atoms with Gasteiger partial charge in [-0.3, -0.25) is 0 Å². The van der Waals surface area contributed by atoms with Crippen molar-refractivity contribution < 1.29 is 21.3 Å². The van der Waals surface area contributed by atoms with Gasteiger partial charge in [0.2, 0.25) is 15.1 Å². The summed E-state index contributed by atoms with van der Waals surface area (Å²) in [4.78, 5) is 0. The van der Waals surface area contributed by atoms with Crippen LogP contribution in [0.2, 0.25) is 0 Å². The van der Waals surface area contributed by atoms with Crippen molar-refractivity contribution >= 4 is 20.0 Å². The molecule has 0 radical (unpaired) electrons. The molecule has 110 valence electrons. The molecule has 3 N–H and O–H groups in total. The molecule has 0 fully saturated rings. The van der Waals surface area contributed by atoms with Crippen molar-refractivity contribution in [3.63, 3.8) is 0 Å². The van der Waals surface area contributed by atoms with E-state index < -0.39 is 20.0 Å². The molecule has 0 aliphatic rings. The quantitative estimate of drug-likeness (QED) is 0.617.